The first-order valence-electron chi connectivity index (χ1n) is 9.39. The summed E-state index contributed by atoms with van der Waals surface area (Å²) in [5.41, 5.74) is 3.21. The number of hydrogen-bond acceptors (Lipinski definition) is 6. The molecule has 0 radical (unpaired) electrons. The molecule has 4 heterocycles. The summed E-state index contributed by atoms with van der Waals surface area (Å²) in [7, 11) is 0. The Kier molecular flexibility index (Phi) is 4.12. The van der Waals surface area contributed by atoms with Gasteiger partial charge >= 0.3 is 0 Å². The van der Waals surface area contributed by atoms with Crippen LogP contribution >= 0.6 is 0 Å². The lowest BCUT2D eigenvalue weighted by Crippen LogP contribution is -2.37. The van der Waals surface area contributed by atoms with Gasteiger partial charge in [-0.05, 0) is 43.2 Å². The lowest BCUT2D eigenvalue weighted by atomic mass is 10.2. The van der Waals surface area contributed by atoms with Crippen molar-refractivity contribution in [2.75, 3.05) is 11.4 Å². The lowest BCUT2D eigenvalue weighted by molar-refractivity contribution is 0.466. The zero-order valence-electron chi connectivity index (χ0n) is 15.2. The van der Waals surface area contributed by atoms with Crippen LogP contribution in [0.25, 0.3) is 22.4 Å². The van der Waals surface area contributed by atoms with Crippen LogP contribution < -0.4 is 10.5 Å². The Balaban J connectivity index is 1.44. The zero-order chi connectivity index (χ0) is 18.9. The summed E-state index contributed by atoms with van der Waals surface area (Å²) >= 11 is 0. The van der Waals surface area contributed by atoms with Crippen molar-refractivity contribution in [2.24, 2.45) is 0 Å². The molecule has 0 spiro atoms. The van der Waals surface area contributed by atoms with Crippen molar-refractivity contribution >= 4 is 17.1 Å². The fourth-order valence-electron chi connectivity index (χ4n) is 3.72. The number of pyridine rings is 1. The van der Waals surface area contributed by atoms with Crippen molar-refractivity contribution in [2.45, 2.75) is 25.4 Å². The molecule has 1 saturated heterocycles. The molecular weight excluding hydrogens is 354 g/mol. The highest BCUT2D eigenvalue weighted by molar-refractivity contribution is 5.74. The van der Waals surface area contributed by atoms with E-state index in [1.807, 2.05) is 36.4 Å². The Morgan fingerprint density at radius 1 is 1.07 bits per heavy atom. The van der Waals surface area contributed by atoms with Gasteiger partial charge in [0.25, 0.3) is 11.6 Å². The maximum absolute atomic E-state index is 12.4. The van der Waals surface area contributed by atoms with Crippen LogP contribution in [0.5, 0.6) is 0 Å². The molecule has 0 bridgehead atoms. The van der Waals surface area contributed by atoms with Crippen LogP contribution in [-0.4, -0.2) is 32.3 Å². The predicted molar refractivity (Wildman–Crippen MR) is 106 cm³/mol. The maximum atomic E-state index is 12.4. The Hall–Kier alpha value is -3.48. The summed E-state index contributed by atoms with van der Waals surface area (Å²) in [5, 5.41) is 4.58. The first-order valence-corrected chi connectivity index (χ1v) is 9.39. The van der Waals surface area contributed by atoms with E-state index < -0.39 is 0 Å². The monoisotopic (exact) mass is 373 g/mol. The number of fused-ring (bicyclic) bond motifs is 1. The van der Waals surface area contributed by atoms with Crippen LogP contribution in [0.3, 0.4) is 0 Å². The van der Waals surface area contributed by atoms with E-state index in [9.17, 15) is 4.79 Å². The number of benzene rings is 1. The van der Waals surface area contributed by atoms with E-state index in [0.717, 1.165) is 41.7 Å². The molecule has 5 rings (SSSR count). The summed E-state index contributed by atoms with van der Waals surface area (Å²) < 4.78 is 7.49. The molecule has 1 aromatic carbocycles. The Morgan fingerprint density at radius 3 is 2.79 bits per heavy atom. The average molecular weight is 373 g/mol. The zero-order valence-corrected chi connectivity index (χ0v) is 15.2. The second-order valence-corrected chi connectivity index (χ2v) is 6.93. The van der Waals surface area contributed by atoms with Crippen molar-refractivity contribution in [1.82, 2.24) is 19.7 Å². The van der Waals surface area contributed by atoms with Crippen molar-refractivity contribution in [3.05, 3.63) is 71.3 Å². The number of nitrogens with zero attached hydrogens (tertiary/aromatic N) is 5. The molecule has 1 aliphatic rings. The molecule has 28 heavy (non-hydrogen) atoms. The molecule has 0 aliphatic carbocycles. The number of para-hydroxylation sites is 2. The van der Waals surface area contributed by atoms with E-state index in [1.165, 1.54) is 0 Å². The van der Waals surface area contributed by atoms with Crippen molar-refractivity contribution < 1.29 is 4.42 Å². The quantitative estimate of drug-likeness (QED) is 0.547. The molecule has 0 saturated carbocycles. The summed E-state index contributed by atoms with van der Waals surface area (Å²) in [4.78, 5) is 23.2. The molecule has 1 unspecified atom stereocenters. The third kappa shape index (κ3) is 3.05. The second-order valence-electron chi connectivity index (χ2n) is 6.93. The predicted octanol–water partition coefficient (Wildman–Crippen LogP) is 3.12. The number of anilines is 1. The molecule has 1 fully saturated rings. The normalized spacial score (nSPS) is 16.7. The molecule has 3 aromatic heterocycles. The van der Waals surface area contributed by atoms with Crippen molar-refractivity contribution in [1.29, 1.82) is 0 Å². The molecule has 7 nitrogen and oxygen atoms in total. The van der Waals surface area contributed by atoms with Gasteiger partial charge in [0.1, 0.15) is 5.52 Å². The highest BCUT2D eigenvalue weighted by Gasteiger charge is 2.29. The highest BCUT2D eigenvalue weighted by Crippen LogP contribution is 2.28. The van der Waals surface area contributed by atoms with Crippen molar-refractivity contribution in [3.8, 4) is 11.3 Å². The minimum Gasteiger partial charge on any atom is -0.423 e. The minimum absolute atomic E-state index is 0.109. The van der Waals surface area contributed by atoms with Gasteiger partial charge in [0.2, 0.25) is 0 Å². The topological polar surface area (TPSA) is 77.1 Å². The van der Waals surface area contributed by atoms with E-state index in [4.69, 9.17) is 4.42 Å². The molecule has 4 aromatic rings. The van der Waals surface area contributed by atoms with Crippen LogP contribution in [0.4, 0.5) is 6.01 Å². The van der Waals surface area contributed by atoms with Gasteiger partial charge in [0.15, 0.2) is 5.58 Å². The Labute approximate surface area is 161 Å². The van der Waals surface area contributed by atoms with Gasteiger partial charge in [0, 0.05) is 30.6 Å². The van der Waals surface area contributed by atoms with Crippen LogP contribution in [0.15, 0.2) is 70.1 Å². The summed E-state index contributed by atoms with van der Waals surface area (Å²) in [5.74, 6) is 0. The number of rotatable bonds is 4. The molecule has 1 atom stereocenters. The first-order chi connectivity index (χ1) is 13.8. The van der Waals surface area contributed by atoms with Gasteiger partial charge in [-0.3, -0.25) is 9.78 Å². The average Bonchev–Trinajstić information content (AvgIpc) is 3.36. The van der Waals surface area contributed by atoms with E-state index in [2.05, 4.69) is 20.0 Å². The minimum atomic E-state index is -0.109. The molecular formula is C21H19N5O2. The summed E-state index contributed by atoms with van der Waals surface area (Å²) in [6.07, 6.45) is 5.44. The largest absolute Gasteiger partial charge is 0.423 e. The van der Waals surface area contributed by atoms with E-state index >= 15 is 0 Å². The Bertz CT molecular complexity index is 1140. The molecule has 7 heteroatoms. The standard InChI is InChI=1S/C21H19N5O2/c27-20-8-7-17(15-9-11-22-12-10-15)24-26(20)14-16-4-3-13-25(16)21-23-18-5-1-2-6-19(18)28-21/h1-2,5-12,16H,3-4,13-14H2. The smallest absolute Gasteiger partial charge is 0.298 e. The first kappa shape index (κ1) is 16.7. The van der Waals surface area contributed by atoms with Gasteiger partial charge in [-0.15, -0.1) is 0 Å². The molecule has 1 aliphatic heterocycles. The van der Waals surface area contributed by atoms with Gasteiger partial charge in [-0.1, -0.05) is 12.1 Å². The van der Waals surface area contributed by atoms with Gasteiger partial charge in [-0.25, -0.2) is 4.68 Å². The SMILES string of the molecule is O=c1ccc(-c2ccncc2)nn1CC1CCCN1c1nc2ccccc2o1. The summed E-state index contributed by atoms with van der Waals surface area (Å²) in [6, 6.07) is 15.6. The molecule has 0 N–H and O–H groups in total. The van der Waals surface area contributed by atoms with Crippen LogP contribution in [0.2, 0.25) is 0 Å². The van der Waals surface area contributed by atoms with Gasteiger partial charge < -0.3 is 9.32 Å². The van der Waals surface area contributed by atoms with Crippen molar-refractivity contribution in [3.63, 3.8) is 0 Å². The third-order valence-corrected chi connectivity index (χ3v) is 5.13. The number of aromatic nitrogens is 4. The second kappa shape index (κ2) is 6.92. The number of hydrogen-bond donors (Lipinski definition) is 0. The fraction of sp³-hybridized carbons (Fsp3) is 0.238. The van der Waals surface area contributed by atoms with E-state index in [1.54, 1.807) is 29.2 Å². The van der Waals surface area contributed by atoms with Crippen LogP contribution in [-0.2, 0) is 6.54 Å². The lowest BCUT2D eigenvalue weighted by Gasteiger charge is -2.23. The fourth-order valence-corrected chi connectivity index (χ4v) is 3.72. The van der Waals surface area contributed by atoms with E-state index in [0.29, 0.717) is 12.6 Å². The van der Waals surface area contributed by atoms with Crippen LogP contribution in [0, 0.1) is 0 Å². The maximum Gasteiger partial charge on any atom is 0.298 e. The molecule has 0 amide bonds. The number of oxazole rings is 1. The third-order valence-electron chi connectivity index (χ3n) is 5.13. The Morgan fingerprint density at radius 2 is 1.93 bits per heavy atom. The highest BCUT2D eigenvalue weighted by atomic mass is 16.4. The summed E-state index contributed by atoms with van der Waals surface area (Å²) in [6.45, 7) is 1.35. The van der Waals surface area contributed by atoms with Crippen LogP contribution in [0.1, 0.15) is 12.8 Å². The van der Waals surface area contributed by atoms with Gasteiger partial charge in [0.05, 0.1) is 18.3 Å². The molecule has 140 valence electrons. The van der Waals surface area contributed by atoms with Gasteiger partial charge in [-0.2, -0.15) is 10.1 Å². The van der Waals surface area contributed by atoms with E-state index in [-0.39, 0.29) is 11.6 Å².